The number of aryl methyl sites for hydroxylation is 1. The Morgan fingerprint density at radius 1 is 0.906 bits per heavy atom. The zero-order chi connectivity index (χ0) is 22.8. The van der Waals surface area contributed by atoms with Crippen molar-refractivity contribution >= 4 is 28.8 Å². The van der Waals surface area contributed by atoms with Gasteiger partial charge in [-0.15, -0.1) is 0 Å². The summed E-state index contributed by atoms with van der Waals surface area (Å²) >= 11 is 0. The molecule has 0 unspecified atom stereocenters. The highest BCUT2D eigenvalue weighted by Gasteiger charge is 2.40. The first-order chi connectivity index (χ1) is 15.3. The highest BCUT2D eigenvalue weighted by molar-refractivity contribution is 6.46. The number of rotatable bonds is 6. The molecule has 1 heterocycles. The lowest BCUT2D eigenvalue weighted by Crippen LogP contribution is -2.32. The van der Waals surface area contributed by atoms with Crippen LogP contribution in [0.4, 0.5) is 15.8 Å². The topological polar surface area (TPSA) is 58.6 Å². The first-order valence-corrected chi connectivity index (χ1v) is 10.3. The first kappa shape index (κ1) is 21.3. The Labute approximate surface area is 186 Å². The molecule has 1 N–H and O–H groups in total. The fourth-order valence-corrected chi connectivity index (χ4v) is 3.58. The van der Waals surface area contributed by atoms with E-state index in [0.717, 1.165) is 10.5 Å². The van der Waals surface area contributed by atoms with Gasteiger partial charge in [-0.1, -0.05) is 36.4 Å². The number of imide groups is 1. The van der Waals surface area contributed by atoms with E-state index in [1.807, 2.05) is 45.0 Å². The average Bonchev–Trinajstić information content (AvgIpc) is 2.99. The number of hydrogen-bond donors (Lipinski definition) is 1. The Morgan fingerprint density at radius 3 is 2.28 bits per heavy atom. The normalized spacial score (nSPS) is 13.8. The molecule has 0 bridgehead atoms. The van der Waals surface area contributed by atoms with Crippen molar-refractivity contribution in [2.45, 2.75) is 26.9 Å². The van der Waals surface area contributed by atoms with Crippen LogP contribution in [-0.4, -0.2) is 17.9 Å². The summed E-state index contributed by atoms with van der Waals surface area (Å²) < 4.78 is 19.5. The second kappa shape index (κ2) is 8.67. The van der Waals surface area contributed by atoms with Crippen LogP contribution in [0.2, 0.25) is 0 Å². The molecule has 1 aliphatic heterocycles. The Hall–Kier alpha value is -3.93. The summed E-state index contributed by atoms with van der Waals surface area (Å²) in [7, 11) is 0. The van der Waals surface area contributed by atoms with Crippen LogP contribution in [0.5, 0.6) is 5.75 Å². The molecule has 0 spiro atoms. The Bertz CT molecular complexity index is 1220. The zero-order valence-electron chi connectivity index (χ0n) is 18.1. The zero-order valence-corrected chi connectivity index (χ0v) is 18.1. The smallest absolute Gasteiger partial charge is 0.282 e. The minimum atomic E-state index is -0.540. The van der Waals surface area contributed by atoms with Gasteiger partial charge in [-0.3, -0.25) is 9.59 Å². The van der Waals surface area contributed by atoms with Crippen LogP contribution in [0.25, 0.3) is 5.57 Å². The lowest BCUT2D eigenvalue weighted by Gasteiger charge is -2.15. The van der Waals surface area contributed by atoms with E-state index in [-0.39, 0.29) is 23.1 Å². The van der Waals surface area contributed by atoms with Crippen LogP contribution in [-0.2, 0) is 9.59 Å². The number of halogens is 1. The molecule has 2 amide bonds. The number of anilines is 2. The Balaban J connectivity index is 1.80. The number of hydrogen-bond acceptors (Lipinski definition) is 4. The van der Waals surface area contributed by atoms with Crippen LogP contribution in [0, 0.1) is 12.7 Å². The fourth-order valence-electron chi connectivity index (χ4n) is 3.58. The van der Waals surface area contributed by atoms with Gasteiger partial charge in [0.15, 0.2) is 0 Å². The van der Waals surface area contributed by atoms with Crippen molar-refractivity contribution < 1.29 is 18.7 Å². The molecule has 32 heavy (non-hydrogen) atoms. The van der Waals surface area contributed by atoms with Crippen molar-refractivity contribution in [3.8, 4) is 5.75 Å². The van der Waals surface area contributed by atoms with Crippen molar-refractivity contribution in [3.63, 3.8) is 0 Å². The van der Waals surface area contributed by atoms with E-state index < -0.39 is 17.6 Å². The second-order valence-electron chi connectivity index (χ2n) is 7.81. The number of ether oxygens (including phenoxy) is 1. The Morgan fingerprint density at radius 2 is 1.62 bits per heavy atom. The van der Waals surface area contributed by atoms with Crippen LogP contribution in [0.3, 0.4) is 0 Å². The van der Waals surface area contributed by atoms with Crippen LogP contribution >= 0.6 is 0 Å². The minimum absolute atomic E-state index is 0.0107. The number of para-hydroxylation sites is 1. The van der Waals surface area contributed by atoms with Gasteiger partial charge in [-0.2, -0.15) is 0 Å². The van der Waals surface area contributed by atoms with E-state index in [0.29, 0.717) is 17.0 Å². The molecule has 0 radical (unpaired) electrons. The maximum Gasteiger partial charge on any atom is 0.282 e. The van der Waals surface area contributed by atoms with Crippen molar-refractivity contribution in [1.29, 1.82) is 0 Å². The molecule has 0 fully saturated rings. The number of amides is 2. The first-order valence-electron chi connectivity index (χ1n) is 10.3. The molecule has 3 aromatic carbocycles. The van der Waals surface area contributed by atoms with Gasteiger partial charge in [0, 0.05) is 5.69 Å². The summed E-state index contributed by atoms with van der Waals surface area (Å²) in [4.78, 5) is 27.8. The molecular formula is C26H23FN2O3. The molecular weight excluding hydrogens is 407 g/mol. The van der Waals surface area contributed by atoms with Crippen molar-refractivity contribution in [2.24, 2.45) is 0 Å². The van der Waals surface area contributed by atoms with Crippen LogP contribution in [0.15, 0.2) is 78.5 Å². The van der Waals surface area contributed by atoms with Crippen molar-refractivity contribution in [1.82, 2.24) is 0 Å². The van der Waals surface area contributed by atoms with Crippen LogP contribution in [0.1, 0.15) is 25.0 Å². The van der Waals surface area contributed by atoms with Gasteiger partial charge >= 0.3 is 0 Å². The third-order valence-corrected chi connectivity index (χ3v) is 5.07. The number of carbonyl (C=O) groups excluding carboxylic acids is 2. The lowest BCUT2D eigenvalue weighted by atomic mass is 10.0. The minimum Gasteiger partial charge on any atom is -0.491 e. The molecule has 5 nitrogen and oxygen atoms in total. The molecule has 0 saturated heterocycles. The molecule has 0 aromatic heterocycles. The van der Waals surface area contributed by atoms with Gasteiger partial charge in [0.05, 0.1) is 17.4 Å². The molecule has 0 aliphatic carbocycles. The molecule has 0 saturated carbocycles. The predicted molar refractivity (Wildman–Crippen MR) is 123 cm³/mol. The maximum absolute atomic E-state index is 13.8. The van der Waals surface area contributed by atoms with E-state index in [9.17, 15) is 14.0 Å². The standard InChI is InChI=1S/C26H23FN2O3/c1-16(2)32-21-13-11-18(12-14-21)23-24(28-22-10-5-4-7-17(22)3)26(31)29(25(23)30)20-9-6-8-19(27)15-20/h4-16,28H,1-3H3. The third-order valence-electron chi connectivity index (χ3n) is 5.07. The Kier molecular flexibility index (Phi) is 5.77. The number of carbonyl (C=O) groups is 2. The molecule has 1 aliphatic rings. The van der Waals surface area contributed by atoms with E-state index in [4.69, 9.17) is 4.74 Å². The summed E-state index contributed by atoms with van der Waals surface area (Å²) in [6.45, 7) is 5.76. The fraction of sp³-hybridized carbons (Fsp3) is 0.154. The number of benzene rings is 3. The maximum atomic E-state index is 13.8. The molecule has 4 rings (SSSR count). The number of nitrogens with zero attached hydrogens (tertiary/aromatic N) is 1. The molecule has 6 heteroatoms. The van der Waals surface area contributed by atoms with E-state index >= 15 is 0 Å². The van der Waals surface area contributed by atoms with Gasteiger partial charge in [-0.25, -0.2) is 9.29 Å². The van der Waals surface area contributed by atoms with Crippen LogP contribution < -0.4 is 15.0 Å². The van der Waals surface area contributed by atoms with E-state index in [1.54, 1.807) is 24.3 Å². The van der Waals surface area contributed by atoms with E-state index in [2.05, 4.69) is 5.32 Å². The summed E-state index contributed by atoms with van der Waals surface area (Å²) in [5, 5.41) is 3.14. The van der Waals surface area contributed by atoms with Gasteiger partial charge < -0.3 is 10.1 Å². The van der Waals surface area contributed by atoms with Gasteiger partial charge in [0.25, 0.3) is 11.8 Å². The monoisotopic (exact) mass is 430 g/mol. The third kappa shape index (κ3) is 4.12. The van der Waals surface area contributed by atoms with Gasteiger partial charge in [0.1, 0.15) is 17.3 Å². The lowest BCUT2D eigenvalue weighted by molar-refractivity contribution is -0.120. The summed E-state index contributed by atoms with van der Waals surface area (Å²) in [6.07, 6.45) is 0.0107. The molecule has 0 atom stereocenters. The summed E-state index contributed by atoms with van der Waals surface area (Å²) in [5.74, 6) is -0.924. The highest BCUT2D eigenvalue weighted by atomic mass is 19.1. The predicted octanol–water partition coefficient (Wildman–Crippen LogP) is 5.32. The number of nitrogens with one attached hydrogen (secondary N) is 1. The van der Waals surface area contributed by atoms with Gasteiger partial charge in [-0.05, 0) is 68.3 Å². The highest BCUT2D eigenvalue weighted by Crippen LogP contribution is 2.35. The molecule has 3 aromatic rings. The van der Waals surface area contributed by atoms with E-state index in [1.165, 1.54) is 24.3 Å². The van der Waals surface area contributed by atoms with Crippen molar-refractivity contribution in [3.05, 3.63) is 95.4 Å². The van der Waals surface area contributed by atoms with Crippen molar-refractivity contribution in [2.75, 3.05) is 10.2 Å². The SMILES string of the molecule is Cc1ccccc1NC1=C(c2ccc(OC(C)C)cc2)C(=O)N(c2cccc(F)c2)C1=O. The second-order valence-corrected chi connectivity index (χ2v) is 7.81. The summed E-state index contributed by atoms with van der Waals surface area (Å²) in [5.41, 5.74) is 2.74. The summed E-state index contributed by atoms with van der Waals surface area (Å²) in [6, 6.07) is 19.9. The quantitative estimate of drug-likeness (QED) is 0.538. The largest absolute Gasteiger partial charge is 0.491 e. The van der Waals surface area contributed by atoms with Gasteiger partial charge in [0.2, 0.25) is 0 Å². The molecule has 162 valence electrons. The average molecular weight is 430 g/mol.